The summed E-state index contributed by atoms with van der Waals surface area (Å²) < 4.78 is 38.7. The van der Waals surface area contributed by atoms with E-state index >= 15 is 4.39 Å². The Morgan fingerprint density at radius 2 is 1.68 bits per heavy atom. The maximum atomic E-state index is 15.7. The molecule has 278 valence electrons. The fraction of sp³-hybridized carbons (Fsp3) is 0.359. The second kappa shape index (κ2) is 15.4. The average molecular weight is 742 g/mol. The van der Waals surface area contributed by atoms with Crippen molar-refractivity contribution in [1.82, 2.24) is 14.5 Å². The molecule has 2 unspecified atom stereocenters. The fourth-order valence-corrected chi connectivity index (χ4v) is 6.62. The molecule has 12 nitrogen and oxygen atoms in total. The maximum absolute atomic E-state index is 15.7. The van der Waals surface area contributed by atoms with Gasteiger partial charge in [-0.2, -0.15) is 10.4 Å². The van der Waals surface area contributed by atoms with Crippen molar-refractivity contribution < 1.29 is 28.1 Å². The van der Waals surface area contributed by atoms with Gasteiger partial charge in [0.25, 0.3) is 11.8 Å². The molecule has 53 heavy (non-hydrogen) atoms. The molecule has 0 spiro atoms. The number of nitrogens with one attached hydrogen (secondary N) is 3. The van der Waals surface area contributed by atoms with Crippen LogP contribution in [0, 0.1) is 23.1 Å². The van der Waals surface area contributed by atoms with E-state index in [1.807, 2.05) is 20.8 Å². The molecule has 5 N–H and O–H groups in total. The van der Waals surface area contributed by atoms with Crippen LogP contribution in [0.15, 0.2) is 72.8 Å². The molecule has 0 radical (unpaired) electrons. The molecule has 1 saturated carbocycles. The number of anilines is 2. The first kappa shape index (κ1) is 39.0. The van der Waals surface area contributed by atoms with Crippen molar-refractivity contribution >= 4 is 40.6 Å². The number of primary amides is 1. The molecule has 0 bridgehead atoms. The highest BCUT2D eigenvalue weighted by Gasteiger charge is 2.43. The molecule has 1 aliphatic carbocycles. The number of aromatic nitrogens is 2. The maximum Gasteiger partial charge on any atom is 0.412 e. The van der Waals surface area contributed by atoms with E-state index in [0.717, 1.165) is 24.8 Å². The summed E-state index contributed by atoms with van der Waals surface area (Å²) in [6.45, 7) is 10.7. The number of carbonyl (C=O) groups excluding carboxylic acids is 3. The van der Waals surface area contributed by atoms with E-state index in [-0.39, 0.29) is 17.1 Å². The summed E-state index contributed by atoms with van der Waals surface area (Å²) in [7, 11) is 0. The van der Waals surface area contributed by atoms with Crippen LogP contribution in [-0.2, 0) is 21.6 Å². The van der Waals surface area contributed by atoms with E-state index in [2.05, 4.69) is 26.5 Å². The molecule has 0 aliphatic heterocycles. The van der Waals surface area contributed by atoms with Crippen molar-refractivity contribution in [3.8, 4) is 11.8 Å². The number of carbonyl (C=O) groups is 3. The number of nitrogens with zero attached hydrogens (tertiary/aromatic N) is 3. The van der Waals surface area contributed by atoms with Gasteiger partial charge in [0.2, 0.25) is 0 Å². The lowest BCUT2D eigenvalue weighted by molar-refractivity contribution is 0.0635. The zero-order valence-corrected chi connectivity index (χ0v) is 31.4. The van der Waals surface area contributed by atoms with Crippen LogP contribution in [0.1, 0.15) is 105 Å². The molecule has 0 saturated heterocycles. The van der Waals surface area contributed by atoms with Crippen molar-refractivity contribution in [2.24, 2.45) is 11.7 Å². The van der Waals surface area contributed by atoms with Crippen molar-refractivity contribution in [2.45, 2.75) is 83.1 Å². The Labute approximate surface area is 311 Å². The van der Waals surface area contributed by atoms with Gasteiger partial charge in [0.15, 0.2) is 5.69 Å². The predicted molar refractivity (Wildman–Crippen MR) is 201 cm³/mol. The van der Waals surface area contributed by atoms with Gasteiger partial charge in [-0.05, 0) is 114 Å². The summed E-state index contributed by atoms with van der Waals surface area (Å²) in [5, 5.41) is 19.0. The molecule has 1 fully saturated rings. The minimum atomic E-state index is -1.58. The quantitative estimate of drug-likeness (QED) is 0.111. The third kappa shape index (κ3) is 9.61. The van der Waals surface area contributed by atoms with E-state index in [1.54, 1.807) is 69.3 Å². The molecule has 1 heterocycles. The Kier molecular flexibility index (Phi) is 11.3. The number of halogens is 1. The van der Waals surface area contributed by atoms with Crippen LogP contribution in [0.3, 0.4) is 0 Å². The Hall–Kier alpha value is -5.23. The van der Waals surface area contributed by atoms with Crippen LogP contribution in [0.5, 0.6) is 0 Å². The van der Waals surface area contributed by atoms with Gasteiger partial charge in [0.1, 0.15) is 27.4 Å². The number of amides is 3. The van der Waals surface area contributed by atoms with Gasteiger partial charge in [-0.15, -0.1) is 4.72 Å². The number of nitrogens with two attached hydrogens (primary N) is 1. The summed E-state index contributed by atoms with van der Waals surface area (Å²) in [4.78, 5) is 38.6. The Bertz CT molecular complexity index is 2040. The van der Waals surface area contributed by atoms with E-state index in [1.165, 1.54) is 28.9 Å². The zero-order valence-electron chi connectivity index (χ0n) is 30.6. The highest BCUT2D eigenvalue weighted by Crippen LogP contribution is 2.43. The summed E-state index contributed by atoms with van der Waals surface area (Å²) in [5.74, 6) is -1.94. The van der Waals surface area contributed by atoms with Crippen LogP contribution < -0.4 is 21.1 Å². The molecule has 2 atom stereocenters. The second-order valence-electron chi connectivity index (χ2n) is 15.1. The zero-order chi connectivity index (χ0) is 38.7. The second-order valence-corrected chi connectivity index (χ2v) is 17.0. The van der Waals surface area contributed by atoms with Gasteiger partial charge < -0.3 is 20.3 Å². The standard InChI is InChI=1S/C39H44FN7O5S/c1-37(2,3)52-36(50)43-28-8-7-9-29(21-28)47-33(22-32(45-47)34(42)48)35(49)44-31-20-27(16-17-30(31)40)39(19-18-24-10-11-24,46-53(51)38(4,5)6)26-14-12-25(23-41)13-15-26/h7-9,12-17,20-22,24,46H,10-11,18-19H2,1-6H3,(H2,42,48)(H,43,50)(H,44,49). The third-order valence-corrected chi connectivity index (χ3v) is 10.2. The number of rotatable bonds is 12. The number of nitriles is 1. The minimum Gasteiger partial charge on any atom is -0.598 e. The van der Waals surface area contributed by atoms with Gasteiger partial charge in [0, 0.05) is 23.1 Å². The normalized spacial score (nSPS) is 14.8. The fourth-order valence-electron chi connectivity index (χ4n) is 5.66. The molecular weight excluding hydrogens is 698 g/mol. The van der Waals surface area contributed by atoms with E-state index in [4.69, 9.17) is 10.5 Å². The van der Waals surface area contributed by atoms with E-state index < -0.39 is 51.0 Å². The SMILES string of the molecule is CC(C)(C)OC(=O)Nc1cccc(-n2nc(C(N)=O)cc2C(=O)Nc2cc(C(CCC3CC3)(N[S+]([O-])C(C)(C)C)c3ccc(C#N)cc3)ccc2F)c1. The average Bonchev–Trinajstić information content (AvgIpc) is 3.80. The van der Waals surface area contributed by atoms with Crippen LogP contribution in [0.4, 0.5) is 20.6 Å². The smallest absolute Gasteiger partial charge is 0.412 e. The first-order valence-electron chi connectivity index (χ1n) is 17.2. The van der Waals surface area contributed by atoms with Gasteiger partial charge in [-0.3, -0.25) is 14.9 Å². The van der Waals surface area contributed by atoms with Gasteiger partial charge in [-0.25, -0.2) is 13.9 Å². The van der Waals surface area contributed by atoms with Gasteiger partial charge in [-0.1, -0.05) is 37.1 Å². The van der Waals surface area contributed by atoms with Crippen molar-refractivity contribution in [1.29, 1.82) is 5.26 Å². The molecule has 3 amide bonds. The van der Waals surface area contributed by atoms with Gasteiger partial charge in [0.05, 0.1) is 23.0 Å². The minimum absolute atomic E-state index is 0.142. The largest absolute Gasteiger partial charge is 0.598 e. The van der Waals surface area contributed by atoms with E-state index in [9.17, 15) is 24.2 Å². The molecule has 5 rings (SSSR count). The highest BCUT2D eigenvalue weighted by molar-refractivity contribution is 7.90. The van der Waals surface area contributed by atoms with Crippen LogP contribution >= 0.6 is 0 Å². The van der Waals surface area contributed by atoms with E-state index in [0.29, 0.717) is 34.8 Å². The summed E-state index contributed by atoms with van der Waals surface area (Å²) in [6, 6.07) is 21.0. The highest BCUT2D eigenvalue weighted by atomic mass is 32.2. The van der Waals surface area contributed by atoms with Crippen molar-refractivity contribution in [3.05, 3.63) is 107 Å². The molecular formula is C39H44FN7O5S. The molecule has 1 aliphatic rings. The van der Waals surface area contributed by atoms with Crippen molar-refractivity contribution in [2.75, 3.05) is 10.6 Å². The molecule has 14 heteroatoms. The molecule has 4 aromatic rings. The third-order valence-electron chi connectivity index (χ3n) is 8.59. The van der Waals surface area contributed by atoms with Crippen LogP contribution in [-0.4, -0.2) is 42.6 Å². The summed E-state index contributed by atoms with van der Waals surface area (Å²) in [5.41, 5.74) is 5.51. The number of hydrogen-bond acceptors (Lipinski definition) is 8. The predicted octanol–water partition coefficient (Wildman–Crippen LogP) is 7.07. The molecule has 3 aromatic carbocycles. The number of benzene rings is 3. The monoisotopic (exact) mass is 741 g/mol. The Morgan fingerprint density at radius 3 is 2.28 bits per heavy atom. The lowest BCUT2D eigenvalue weighted by Gasteiger charge is -2.39. The van der Waals surface area contributed by atoms with Crippen LogP contribution in [0.2, 0.25) is 0 Å². The number of ether oxygens (including phenoxy) is 1. The Balaban J connectivity index is 1.55. The number of hydrogen-bond donors (Lipinski definition) is 4. The van der Waals surface area contributed by atoms with Crippen LogP contribution in [0.25, 0.3) is 5.69 Å². The van der Waals surface area contributed by atoms with Crippen molar-refractivity contribution in [3.63, 3.8) is 0 Å². The molecule has 1 aromatic heterocycles. The summed E-state index contributed by atoms with van der Waals surface area (Å²) >= 11 is -1.58. The topological polar surface area (TPSA) is 187 Å². The summed E-state index contributed by atoms with van der Waals surface area (Å²) in [6.07, 6.45) is 2.77. The lowest BCUT2D eigenvalue weighted by Crippen LogP contribution is -2.52. The first-order valence-corrected chi connectivity index (χ1v) is 18.4. The first-order chi connectivity index (χ1) is 24.9. The van der Waals surface area contributed by atoms with Gasteiger partial charge >= 0.3 is 6.09 Å². The Morgan fingerprint density at radius 1 is 1.00 bits per heavy atom. The lowest BCUT2D eigenvalue weighted by atomic mass is 9.79.